The van der Waals surface area contributed by atoms with Crippen molar-refractivity contribution < 1.29 is 4.92 Å². The number of hydrogen-bond acceptors (Lipinski definition) is 3. The van der Waals surface area contributed by atoms with E-state index in [1.165, 1.54) is 4.68 Å². The molecule has 0 bridgehead atoms. The van der Waals surface area contributed by atoms with Crippen LogP contribution in [0.2, 0.25) is 5.15 Å². The summed E-state index contributed by atoms with van der Waals surface area (Å²) in [6.45, 7) is 8.35. The number of nitrogens with zero attached hydrogens (tertiary/aromatic N) is 3. The van der Waals surface area contributed by atoms with Gasteiger partial charge in [-0.15, -0.1) is 0 Å². The molecule has 1 aromatic rings. The molecule has 0 aliphatic rings. The van der Waals surface area contributed by atoms with E-state index in [4.69, 9.17) is 11.6 Å². The van der Waals surface area contributed by atoms with Gasteiger partial charge in [0.25, 0.3) is 0 Å². The second-order valence-corrected chi connectivity index (χ2v) is 4.87. The number of hydrogen-bond donors (Lipinski definition) is 0. The molecule has 0 aliphatic carbocycles. The standard InChI is InChI=1S/C10H16ClN3O2/c1-6(2)5-13-10(11)9(14(15)16)8(12-13)7(3)4/h6-7H,5H2,1-4H3. The zero-order valence-electron chi connectivity index (χ0n) is 9.90. The van der Waals surface area contributed by atoms with Crippen molar-refractivity contribution in [2.45, 2.75) is 40.2 Å². The summed E-state index contributed by atoms with van der Waals surface area (Å²) in [5.41, 5.74) is 0.396. The summed E-state index contributed by atoms with van der Waals surface area (Å²) in [7, 11) is 0. The van der Waals surface area contributed by atoms with E-state index in [0.29, 0.717) is 18.2 Å². The zero-order chi connectivity index (χ0) is 12.5. The monoisotopic (exact) mass is 245 g/mol. The van der Waals surface area contributed by atoms with Crippen LogP contribution in [-0.4, -0.2) is 14.7 Å². The minimum absolute atomic E-state index is 0.00804. The fourth-order valence-corrected chi connectivity index (χ4v) is 1.75. The van der Waals surface area contributed by atoms with E-state index < -0.39 is 4.92 Å². The third-order valence-electron chi connectivity index (χ3n) is 2.16. The Morgan fingerprint density at radius 2 is 2.00 bits per heavy atom. The van der Waals surface area contributed by atoms with Crippen LogP contribution in [0.3, 0.4) is 0 Å². The van der Waals surface area contributed by atoms with Crippen molar-refractivity contribution >= 4 is 17.3 Å². The van der Waals surface area contributed by atoms with E-state index in [-0.39, 0.29) is 16.8 Å². The van der Waals surface area contributed by atoms with Gasteiger partial charge in [0.05, 0.1) is 4.92 Å². The predicted molar refractivity (Wildman–Crippen MR) is 62.8 cm³/mol. The molecule has 0 amide bonds. The molecule has 90 valence electrons. The molecule has 1 rings (SSSR count). The summed E-state index contributed by atoms with van der Waals surface area (Å²) in [5.74, 6) is 0.336. The number of rotatable bonds is 4. The van der Waals surface area contributed by atoms with Gasteiger partial charge in [-0.1, -0.05) is 39.3 Å². The Morgan fingerprint density at radius 1 is 1.44 bits per heavy atom. The van der Waals surface area contributed by atoms with Gasteiger partial charge in [0.1, 0.15) is 5.69 Å². The first kappa shape index (κ1) is 13.0. The third kappa shape index (κ3) is 2.52. The van der Waals surface area contributed by atoms with Crippen molar-refractivity contribution in [1.29, 1.82) is 0 Å². The molecule has 16 heavy (non-hydrogen) atoms. The molecule has 5 nitrogen and oxygen atoms in total. The second kappa shape index (κ2) is 4.82. The summed E-state index contributed by atoms with van der Waals surface area (Å²) < 4.78 is 1.51. The quantitative estimate of drug-likeness (QED) is 0.604. The molecule has 6 heteroatoms. The molecule has 0 radical (unpaired) electrons. The fraction of sp³-hybridized carbons (Fsp3) is 0.700. The number of aromatic nitrogens is 2. The topological polar surface area (TPSA) is 61.0 Å². The molecule has 0 atom stereocenters. The van der Waals surface area contributed by atoms with E-state index in [1.807, 2.05) is 27.7 Å². The predicted octanol–water partition coefficient (Wildman–Crippen LogP) is 3.22. The number of nitro groups is 1. The lowest BCUT2D eigenvalue weighted by Gasteiger charge is -2.04. The Labute approximate surface area is 99.5 Å². The van der Waals surface area contributed by atoms with Gasteiger partial charge in [-0.2, -0.15) is 5.10 Å². The Morgan fingerprint density at radius 3 is 2.31 bits per heavy atom. The smallest absolute Gasteiger partial charge is 0.258 e. The minimum Gasteiger partial charge on any atom is -0.258 e. The maximum absolute atomic E-state index is 10.9. The summed E-state index contributed by atoms with van der Waals surface area (Å²) in [5, 5.41) is 15.3. The van der Waals surface area contributed by atoms with Crippen molar-refractivity contribution in [3.63, 3.8) is 0 Å². The molecule has 1 heterocycles. The maximum atomic E-state index is 10.9. The van der Waals surface area contributed by atoms with Crippen LogP contribution in [0.15, 0.2) is 0 Å². The van der Waals surface area contributed by atoms with E-state index >= 15 is 0 Å². The summed E-state index contributed by atoms with van der Waals surface area (Å²) in [4.78, 5) is 10.5. The van der Waals surface area contributed by atoms with Crippen molar-refractivity contribution in [2.75, 3.05) is 0 Å². The minimum atomic E-state index is -0.457. The lowest BCUT2D eigenvalue weighted by Crippen LogP contribution is -2.06. The first-order chi connectivity index (χ1) is 7.34. The van der Waals surface area contributed by atoms with Crippen LogP contribution in [0.1, 0.15) is 39.3 Å². The Kier molecular flexibility index (Phi) is 3.91. The molecule has 1 aromatic heterocycles. The average Bonchev–Trinajstić information content (AvgIpc) is 2.43. The SMILES string of the molecule is CC(C)Cn1nc(C(C)C)c([N+](=O)[O-])c1Cl. The Balaban J connectivity index is 3.24. The first-order valence-electron chi connectivity index (χ1n) is 5.25. The normalized spacial score (nSPS) is 11.4. The summed E-state index contributed by atoms with van der Waals surface area (Å²) in [6.07, 6.45) is 0. The van der Waals surface area contributed by atoms with Crippen LogP contribution >= 0.6 is 11.6 Å². The summed E-state index contributed by atoms with van der Waals surface area (Å²) in [6, 6.07) is 0. The molecule has 0 unspecified atom stereocenters. The lowest BCUT2D eigenvalue weighted by molar-refractivity contribution is -0.385. The molecule has 0 spiro atoms. The van der Waals surface area contributed by atoms with Gasteiger partial charge in [0, 0.05) is 12.5 Å². The molecule has 0 N–H and O–H groups in total. The van der Waals surface area contributed by atoms with Gasteiger partial charge < -0.3 is 0 Å². The highest BCUT2D eigenvalue weighted by Crippen LogP contribution is 2.33. The highest BCUT2D eigenvalue weighted by Gasteiger charge is 2.28. The Bertz CT molecular complexity index is 399. The lowest BCUT2D eigenvalue weighted by atomic mass is 10.1. The van der Waals surface area contributed by atoms with E-state index in [9.17, 15) is 10.1 Å². The molecule has 0 aromatic carbocycles. The van der Waals surface area contributed by atoms with Gasteiger partial charge >= 0.3 is 5.69 Å². The molecule has 0 aliphatic heterocycles. The van der Waals surface area contributed by atoms with Crippen molar-refractivity contribution in [3.05, 3.63) is 21.0 Å². The second-order valence-electron chi connectivity index (χ2n) is 4.51. The van der Waals surface area contributed by atoms with Crippen LogP contribution in [0.25, 0.3) is 0 Å². The van der Waals surface area contributed by atoms with Gasteiger partial charge in [0.15, 0.2) is 0 Å². The zero-order valence-corrected chi connectivity index (χ0v) is 10.7. The van der Waals surface area contributed by atoms with Gasteiger partial charge in [-0.05, 0) is 5.92 Å². The molecule has 0 fully saturated rings. The van der Waals surface area contributed by atoms with Crippen LogP contribution in [-0.2, 0) is 6.54 Å². The van der Waals surface area contributed by atoms with Gasteiger partial charge in [-0.3, -0.25) is 10.1 Å². The van der Waals surface area contributed by atoms with Crippen molar-refractivity contribution in [3.8, 4) is 0 Å². The molecular formula is C10H16ClN3O2. The van der Waals surface area contributed by atoms with Gasteiger partial charge in [-0.25, -0.2) is 4.68 Å². The fourth-order valence-electron chi connectivity index (χ4n) is 1.47. The largest absolute Gasteiger partial charge is 0.329 e. The molecule has 0 saturated heterocycles. The maximum Gasteiger partial charge on any atom is 0.329 e. The highest BCUT2D eigenvalue weighted by atomic mass is 35.5. The first-order valence-corrected chi connectivity index (χ1v) is 5.63. The van der Waals surface area contributed by atoms with Crippen molar-refractivity contribution in [2.24, 2.45) is 5.92 Å². The van der Waals surface area contributed by atoms with Crippen molar-refractivity contribution in [1.82, 2.24) is 9.78 Å². The molecule has 0 saturated carbocycles. The molecular weight excluding hydrogens is 230 g/mol. The van der Waals surface area contributed by atoms with Gasteiger partial charge in [0.2, 0.25) is 5.15 Å². The van der Waals surface area contributed by atoms with Crippen LogP contribution in [0.5, 0.6) is 0 Å². The van der Waals surface area contributed by atoms with E-state index in [1.54, 1.807) is 0 Å². The van der Waals surface area contributed by atoms with Crippen LogP contribution in [0, 0.1) is 16.0 Å². The van der Waals surface area contributed by atoms with Crippen LogP contribution < -0.4 is 0 Å². The average molecular weight is 246 g/mol. The highest BCUT2D eigenvalue weighted by molar-refractivity contribution is 6.31. The van der Waals surface area contributed by atoms with E-state index in [0.717, 1.165) is 0 Å². The van der Waals surface area contributed by atoms with Crippen LogP contribution in [0.4, 0.5) is 5.69 Å². The Hall–Kier alpha value is -1.10. The third-order valence-corrected chi connectivity index (χ3v) is 2.53. The van der Waals surface area contributed by atoms with E-state index in [2.05, 4.69) is 5.10 Å². The number of halogens is 1. The summed E-state index contributed by atoms with van der Waals surface area (Å²) >= 11 is 5.97.